The molecule has 102 valence electrons. The van der Waals surface area contributed by atoms with Crippen molar-refractivity contribution in [2.75, 3.05) is 5.32 Å². The number of rotatable bonds is 3. The van der Waals surface area contributed by atoms with Gasteiger partial charge in [0, 0.05) is 10.0 Å². The Bertz CT molecular complexity index is 691. The minimum absolute atomic E-state index is 0.209. The van der Waals surface area contributed by atoms with E-state index in [9.17, 15) is 4.79 Å². The molecule has 2 aromatic rings. The highest BCUT2D eigenvalue weighted by Gasteiger charge is 2.13. The third-order valence-electron chi connectivity index (χ3n) is 2.61. The SMILES string of the molecule is NC(=S)c1cc(Br)ccc1NC(=O)c1ccccc1Cl. The molecule has 0 aliphatic carbocycles. The smallest absolute Gasteiger partial charge is 0.257 e. The van der Waals surface area contributed by atoms with Gasteiger partial charge in [-0.05, 0) is 30.3 Å². The highest BCUT2D eigenvalue weighted by molar-refractivity contribution is 9.10. The quantitative estimate of drug-likeness (QED) is 0.804. The zero-order valence-electron chi connectivity index (χ0n) is 10.2. The van der Waals surface area contributed by atoms with Crippen LogP contribution in [0, 0.1) is 0 Å². The number of nitrogens with one attached hydrogen (secondary N) is 1. The minimum Gasteiger partial charge on any atom is -0.389 e. The van der Waals surface area contributed by atoms with E-state index in [2.05, 4.69) is 21.2 Å². The first kappa shape index (κ1) is 15.0. The number of halogens is 2. The molecule has 0 saturated heterocycles. The molecule has 0 aliphatic rings. The minimum atomic E-state index is -0.310. The topological polar surface area (TPSA) is 55.1 Å². The van der Waals surface area contributed by atoms with Crippen LogP contribution < -0.4 is 11.1 Å². The zero-order valence-corrected chi connectivity index (χ0v) is 13.3. The molecule has 3 N–H and O–H groups in total. The van der Waals surface area contributed by atoms with Crippen molar-refractivity contribution in [3.8, 4) is 0 Å². The number of hydrogen-bond acceptors (Lipinski definition) is 2. The van der Waals surface area contributed by atoms with Gasteiger partial charge in [0.1, 0.15) is 4.99 Å². The Morgan fingerprint density at radius 1 is 1.20 bits per heavy atom. The second-order valence-corrected chi connectivity index (χ2v) is 5.75. The van der Waals surface area contributed by atoms with Crippen molar-refractivity contribution in [3.05, 3.63) is 63.1 Å². The fraction of sp³-hybridized carbons (Fsp3) is 0. The van der Waals surface area contributed by atoms with Crippen LogP contribution in [0.4, 0.5) is 5.69 Å². The molecule has 0 fully saturated rings. The van der Waals surface area contributed by atoms with Gasteiger partial charge < -0.3 is 11.1 Å². The normalized spacial score (nSPS) is 10.1. The van der Waals surface area contributed by atoms with Crippen molar-refractivity contribution in [1.29, 1.82) is 0 Å². The summed E-state index contributed by atoms with van der Waals surface area (Å²) in [5.41, 5.74) is 7.19. The molecule has 1 amide bonds. The summed E-state index contributed by atoms with van der Waals surface area (Å²) in [7, 11) is 0. The van der Waals surface area contributed by atoms with Crippen LogP contribution in [0.5, 0.6) is 0 Å². The molecule has 0 aromatic heterocycles. The van der Waals surface area contributed by atoms with Gasteiger partial charge in [-0.2, -0.15) is 0 Å². The Morgan fingerprint density at radius 2 is 1.90 bits per heavy atom. The summed E-state index contributed by atoms with van der Waals surface area (Å²) in [5.74, 6) is -0.310. The third kappa shape index (κ3) is 3.36. The molecule has 2 aromatic carbocycles. The summed E-state index contributed by atoms with van der Waals surface area (Å²) in [4.78, 5) is 12.4. The zero-order chi connectivity index (χ0) is 14.7. The summed E-state index contributed by atoms with van der Waals surface area (Å²) >= 11 is 14.3. The molecular weight excluding hydrogens is 360 g/mol. The number of benzene rings is 2. The lowest BCUT2D eigenvalue weighted by Gasteiger charge is -2.11. The lowest BCUT2D eigenvalue weighted by Crippen LogP contribution is -2.17. The van der Waals surface area contributed by atoms with E-state index in [1.54, 1.807) is 42.5 Å². The van der Waals surface area contributed by atoms with Crippen molar-refractivity contribution in [2.24, 2.45) is 5.73 Å². The first-order chi connectivity index (χ1) is 9.49. The molecule has 6 heteroatoms. The molecule has 0 atom stereocenters. The predicted molar refractivity (Wildman–Crippen MR) is 89.4 cm³/mol. The standard InChI is InChI=1S/C14H10BrClN2OS/c15-8-5-6-12(10(7-8)13(17)20)18-14(19)9-3-1-2-4-11(9)16/h1-7H,(H2,17,20)(H,18,19). The second-order valence-electron chi connectivity index (χ2n) is 3.99. The van der Waals surface area contributed by atoms with E-state index in [1.807, 2.05) is 0 Å². The maximum Gasteiger partial charge on any atom is 0.257 e. The van der Waals surface area contributed by atoms with Crippen molar-refractivity contribution >= 4 is 56.3 Å². The van der Waals surface area contributed by atoms with E-state index in [1.165, 1.54) is 0 Å². The van der Waals surface area contributed by atoms with Gasteiger partial charge in [0.2, 0.25) is 0 Å². The van der Waals surface area contributed by atoms with Crippen LogP contribution >= 0.6 is 39.7 Å². The van der Waals surface area contributed by atoms with Crippen molar-refractivity contribution in [2.45, 2.75) is 0 Å². The molecule has 20 heavy (non-hydrogen) atoms. The summed E-state index contributed by atoms with van der Waals surface area (Å²) in [5, 5.41) is 3.15. The van der Waals surface area contributed by atoms with Crippen LogP contribution in [0.1, 0.15) is 15.9 Å². The third-order valence-corrected chi connectivity index (χ3v) is 3.66. The average molecular weight is 370 g/mol. The number of carbonyl (C=O) groups excluding carboxylic acids is 1. The van der Waals surface area contributed by atoms with E-state index in [-0.39, 0.29) is 10.9 Å². The Balaban J connectivity index is 2.33. The molecule has 0 aliphatic heterocycles. The number of hydrogen-bond donors (Lipinski definition) is 2. The van der Waals surface area contributed by atoms with Crippen LogP contribution in [-0.4, -0.2) is 10.9 Å². The molecule has 2 rings (SSSR count). The van der Waals surface area contributed by atoms with Gasteiger partial charge in [0.15, 0.2) is 0 Å². The fourth-order valence-corrected chi connectivity index (χ4v) is 2.42. The number of amides is 1. The van der Waals surface area contributed by atoms with Gasteiger partial charge >= 0.3 is 0 Å². The van der Waals surface area contributed by atoms with Crippen LogP contribution in [0.15, 0.2) is 46.9 Å². The summed E-state index contributed by atoms with van der Waals surface area (Å²) in [6.45, 7) is 0. The van der Waals surface area contributed by atoms with E-state index >= 15 is 0 Å². The van der Waals surface area contributed by atoms with Crippen LogP contribution in [0.2, 0.25) is 5.02 Å². The lowest BCUT2D eigenvalue weighted by molar-refractivity contribution is 0.102. The molecule has 0 heterocycles. The molecule has 0 saturated carbocycles. The molecule has 0 unspecified atom stereocenters. The van der Waals surface area contributed by atoms with Gasteiger partial charge in [-0.1, -0.05) is 51.9 Å². The van der Waals surface area contributed by atoms with Gasteiger partial charge in [0.25, 0.3) is 5.91 Å². The Hall–Kier alpha value is -1.43. The van der Waals surface area contributed by atoms with Crippen LogP contribution in [0.3, 0.4) is 0 Å². The largest absolute Gasteiger partial charge is 0.389 e. The second kappa shape index (κ2) is 6.35. The lowest BCUT2D eigenvalue weighted by atomic mass is 10.1. The van der Waals surface area contributed by atoms with E-state index in [4.69, 9.17) is 29.6 Å². The fourth-order valence-electron chi connectivity index (χ4n) is 1.66. The maximum atomic E-state index is 12.2. The van der Waals surface area contributed by atoms with E-state index in [0.717, 1.165) is 4.47 Å². The van der Waals surface area contributed by atoms with Crippen LogP contribution in [-0.2, 0) is 0 Å². The van der Waals surface area contributed by atoms with Gasteiger partial charge in [-0.15, -0.1) is 0 Å². The predicted octanol–water partition coefficient (Wildman–Crippen LogP) is 3.99. The first-order valence-corrected chi connectivity index (χ1v) is 7.22. The van der Waals surface area contributed by atoms with E-state index < -0.39 is 0 Å². The molecule has 0 radical (unpaired) electrons. The number of nitrogens with two attached hydrogens (primary N) is 1. The van der Waals surface area contributed by atoms with Crippen molar-refractivity contribution in [3.63, 3.8) is 0 Å². The Labute approximate surface area is 135 Å². The van der Waals surface area contributed by atoms with Gasteiger partial charge in [-0.3, -0.25) is 4.79 Å². The van der Waals surface area contributed by atoms with Gasteiger partial charge in [-0.25, -0.2) is 0 Å². The van der Waals surface area contributed by atoms with Crippen LogP contribution in [0.25, 0.3) is 0 Å². The summed E-state index contributed by atoms with van der Waals surface area (Å²) in [6, 6.07) is 12.1. The molecule has 0 bridgehead atoms. The molecular formula is C14H10BrClN2OS. The monoisotopic (exact) mass is 368 g/mol. The van der Waals surface area contributed by atoms with E-state index in [0.29, 0.717) is 21.8 Å². The average Bonchev–Trinajstić information content (AvgIpc) is 2.41. The van der Waals surface area contributed by atoms with Crippen molar-refractivity contribution < 1.29 is 4.79 Å². The number of thiocarbonyl (C=S) groups is 1. The van der Waals surface area contributed by atoms with Crippen molar-refractivity contribution in [1.82, 2.24) is 0 Å². The maximum absolute atomic E-state index is 12.2. The Kier molecular flexibility index (Phi) is 4.75. The molecule has 3 nitrogen and oxygen atoms in total. The highest BCUT2D eigenvalue weighted by atomic mass is 79.9. The highest BCUT2D eigenvalue weighted by Crippen LogP contribution is 2.23. The number of carbonyl (C=O) groups is 1. The van der Waals surface area contributed by atoms with Gasteiger partial charge in [0.05, 0.1) is 16.3 Å². The molecule has 0 spiro atoms. The number of anilines is 1. The summed E-state index contributed by atoms with van der Waals surface area (Å²) < 4.78 is 0.830. The first-order valence-electron chi connectivity index (χ1n) is 5.64. The Morgan fingerprint density at radius 3 is 2.55 bits per heavy atom. The summed E-state index contributed by atoms with van der Waals surface area (Å²) in [6.07, 6.45) is 0.